The summed E-state index contributed by atoms with van der Waals surface area (Å²) < 4.78 is 1.13. The van der Waals surface area contributed by atoms with Crippen molar-refractivity contribution in [2.45, 2.75) is 26.3 Å². The zero-order valence-corrected chi connectivity index (χ0v) is 13.0. The predicted octanol–water partition coefficient (Wildman–Crippen LogP) is 4.11. The van der Waals surface area contributed by atoms with E-state index >= 15 is 0 Å². The van der Waals surface area contributed by atoms with Crippen molar-refractivity contribution in [3.63, 3.8) is 0 Å². The molecule has 0 aliphatic heterocycles. The van der Waals surface area contributed by atoms with Gasteiger partial charge in [-0.1, -0.05) is 28.9 Å². The van der Waals surface area contributed by atoms with Crippen molar-refractivity contribution in [1.29, 1.82) is 0 Å². The van der Waals surface area contributed by atoms with Crippen LogP contribution in [-0.4, -0.2) is 11.5 Å². The van der Waals surface area contributed by atoms with Crippen molar-refractivity contribution < 1.29 is 0 Å². The number of rotatable bonds is 5. The van der Waals surface area contributed by atoms with E-state index in [2.05, 4.69) is 58.3 Å². The number of hydrogen-bond acceptors (Lipinski definition) is 3. The molecule has 2 rings (SSSR count). The highest BCUT2D eigenvalue weighted by molar-refractivity contribution is 9.10. The first-order chi connectivity index (χ1) is 8.70. The Morgan fingerprint density at radius 3 is 2.89 bits per heavy atom. The van der Waals surface area contributed by atoms with Gasteiger partial charge in [0.15, 0.2) is 0 Å². The Kier molecular flexibility index (Phi) is 4.92. The van der Waals surface area contributed by atoms with Gasteiger partial charge in [0.1, 0.15) is 0 Å². The van der Waals surface area contributed by atoms with Gasteiger partial charge in [-0.3, -0.25) is 0 Å². The van der Waals surface area contributed by atoms with Gasteiger partial charge in [0.2, 0.25) is 0 Å². The molecule has 0 bridgehead atoms. The zero-order valence-electron chi connectivity index (χ0n) is 10.6. The number of aryl methyl sites for hydroxylation is 1. The van der Waals surface area contributed by atoms with Crippen molar-refractivity contribution in [2.24, 2.45) is 0 Å². The molecule has 1 aromatic carbocycles. The van der Waals surface area contributed by atoms with Gasteiger partial charge in [-0.05, 0) is 36.7 Å². The van der Waals surface area contributed by atoms with Gasteiger partial charge in [0, 0.05) is 28.5 Å². The van der Waals surface area contributed by atoms with Crippen molar-refractivity contribution in [3.8, 4) is 0 Å². The molecule has 0 amide bonds. The molecule has 96 valence electrons. The Morgan fingerprint density at radius 1 is 1.44 bits per heavy atom. The molecule has 1 atom stereocenters. The van der Waals surface area contributed by atoms with Crippen LogP contribution in [0.2, 0.25) is 0 Å². The molecule has 0 aliphatic carbocycles. The lowest BCUT2D eigenvalue weighted by molar-refractivity contribution is 0.546. The first-order valence-electron chi connectivity index (χ1n) is 6.08. The van der Waals surface area contributed by atoms with Crippen molar-refractivity contribution >= 4 is 27.3 Å². The fourth-order valence-corrected chi connectivity index (χ4v) is 3.24. The van der Waals surface area contributed by atoms with Gasteiger partial charge in [-0.25, -0.2) is 4.98 Å². The van der Waals surface area contributed by atoms with E-state index in [9.17, 15) is 0 Å². The van der Waals surface area contributed by atoms with E-state index in [-0.39, 0.29) is 0 Å². The third-order valence-electron chi connectivity index (χ3n) is 2.92. The van der Waals surface area contributed by atoms with Crippen LogP contribution in [0.1, 0.15) is 29.1 Å². The zero-order chi connectivity index (χ0) is 13.0. The molecule has 1 heterocycles. The van der Waals surface area contributed by atoms with Crippen LogP contribution in [0.5, 0.6) is 0 Å². The number of nitrogens with one attached hydrogen (secondary N) is 1. The standard InChI is InChI=1S/C14H17BrN2S/c1-3-16-13(9-14-17-6-7-18-14)12-5-4-11(15)8-10(12)2/h4-8,13,16H,3,9H2,1-2H3. The summed E-state index contributed by atoms with van der Waals surface area (Å²) in [5.41, 5.74) is 2.67. The average molecular weight is 325 g/mol. The highest BCUT2D eigenvalue weighted by Crippen LogP contribution is 2.25. The van der Waals surface area contributed by atoms with Crippen LogP contribution < -0.4 is 5.32 Å². The van der Waals surface area contributed by atoms with E-state index in [0.29, 0.717) is 6.04 Å². The molecule has 2 aromatic rings. The molecule has 0 spiro atoms. The summed E-state index contributed by atoms with van der Waals surface area (Å²) in [6.07, 6.45) is 2.82. The summed E-state index contributed by atoms with van der Waals surface area (Å²) in [5.74, 6) is 0. The van der Waals surface area contributed by atoms with E-state index in [1.165, 1.54) is 16.1 Å². The molecular weight excluding hydrogens is 308 g/mol. The molecular formula is C14H17BrN2S. The van der Waals surface area contributed by atoms with E-state index < -0.39 is 0 Å². The molecule has 0 fully saturated rings. The number of likely N-dealkylation sites (N-methyl/N-ethyl adjacent to an activating group) is 1. The second-order valence-electron chi connectivity index (χ2n) is 4.24. The molecule has 4 heteroatoms. The smallest absolute Gasteiger partial charge is 0.0943 e. The molecule has 0 saturated heterocycles. The third-order valence-corrected chi connectivity index (χ3v) is 4.22. The van der Waals surface area contributed by atoms with Crippen molar-refractivity contribution in [1.82, 2.24) is 10.3 Å². The van der Waals surface area contributed by atoms with Crippen LogP contribution in [0, 0.1) is 6.92 Å². The van der Waals surface area contributed by atoms with Gasteiger partial charge in [-0.15, -0.1) is 11.3 Å². The number of benzene rings is 1. The quantitative estimate of drug-likeness (QED) is 0.895. The van der Waals surface area contributed by atoms with Crippen LogP contribution in [0.25, 0.3) is 0 Å². The Bertz CT molecular complexity index is 497. The van der Waals surface area contributed by atoms with E-state index in [4.69, 9.17) is 0 Å². The Hall–Kier alpha value is -0.710. The first-order valence-corrected chi connectivity index (χ1v) is 7.75. The van der Waals surface area contributed by atoms with Gasteiger partial charge in [0.25, 0.3) is 0 Å². The maximum absolute atomic E-state index is 4.38. The second kappa shape index (κ2) is 6.45. The Morgan fingerprint density at radius 2 is 2.28 bits per heavy atom. The van der Waals surface area contributed by atoms with E-state index in [1.807, 2.05) is 11.6 Å². The third kappa shape index (κ3) is 3.40. The van der Waals surface area contributed by atoms with Gasteiger partial charge in [0.05, 0.1) is 5.01 Å². The first kappa shape index (κ1) is 13.7. The van der Waals surface area contributed by atoms with Gasteiger partial charge < -0.3 is 5.32 Å². The number of aromatic nitrogens is 1. The minimum absolute atomic E-state index is 0.342. The molecule has 1 N–H and O–H groups in total. The van der Waals surface area contributed by atoms with Crippen LogP contribution in [0.3, 0.4) is 0 Å². The lowest BCUT2D eigenvalue weighted by atomic mass is 9.99. The highest BCUT2D eigenvalue weighted by Gasteiger charge is 2.14. The fraction of sp³-hybridized carbons (Fsp3) is 0.357. The van der Waals surface area contributed by atoms with Gasteiger partial charge in [-0.2, -0.15) is 0 Å². The Balaban J connectivity index is 2.23. The summed E-state index contributed by atoms with van der Waals surface area (Å²) in [6, 6.07) is 6.81. The summed E-state index contributed by atoms with van der Waals surface area (Å²) in [7, 11) is 0. The van der Waals surface area contributed by atoms with Crippen LogP contribution >= 0.6 is 27.3 Å². The van der Waals surface area contributed by atoms with E-state index in [0.717, 1.165) is 17.4 Å². The molecule has 1 aromatic heterocycles. The fourth-order valence-electron chi connectivity index (χ4n) is 2.10. The SMILES string of the molecule is CCNC(Cc1nccs1)c1ccc(Br)cc1C. The molecule has 0 radical (unpaired) electrons. The summed E-state index contributed by atoms with van der Waals surface area (Å²) in [5, 5.41) is 6.77. The normalized spacial score (nSPS) is 12.6. The number of hydrogen-bond donors (Lipinski definition) is 1. The van der Waals surface area contributed by atoms with Crippen LogP contribution in [0.15, 0.2) is 34.2 Å². The monoisotopic (exact) mass is 324 g/mol. The molecule has 18 heavy (non-hydrogen) atoms. The topological polar surface area (TPSA) is 24.9 Å². The van der Waals surface area contributed by atoms with E-state index in [1.54, 1.807) is 11.3 Å². The largest absolute Gasteiger partial charge is 0.310 e. The van der Waals surface area contributed by atoms with Gasteiger partial charge >= 0.3 is 0 Å². The maximum atomic E-state index is 4.38. The molecule has 0 saturated carbocycles. The summed E-state index contributed by atoms with van der Waals surface area (Å²) in [6.45, 7) is 5.26. The second-order valence-corrected chi connectivity index (χ2v) is 6.14. The molecule has 1 unspecified atom stereocenters. The maximum Gasteiger partial charge on any atom is 0.0943 e. The minimum Gasteiger partial charge on any atom is -0.310 e. The summed E-state index contributed by atoms with van der Waals surface area (Å²) in [4.78, 5) is 4.38. The highest BCUT2D eigenvalue weighted by atomic mass is 79.9. The number of thiazole rings is 1. The molecule has 0 aliphatic rings. The lowest BCUT2D eigenvalue weighted by Gasteiger charge is -2.19. The van der Waals surface area contributed by atoms with Crippen molar-refractivity contribution in [2.75, 3.05) is 6.54 Å². The molecule has 2 nitrogen and oxygen atoms in total. The number of halogens is 1. The number of nitrogens with zero attached hydrogens (tertiary/aromatic N) is 1. The predicted molar refractivity (Wildman–Crippen MR) is 81.1 cm³/mol. The lowest BCUT2D eigenvalue weighted by Crippen LogP contribution is -2.23. The van der Waals surface area contributed by atoms with Crippen LogP contribution in [-0.2, 0) is 6.42 Å². The average Bonchev–Trinajstić information content (AvgIpc) is 2.81. The minimum atomic E-state index is 0.342. The van der Waals surface area contributed by atoms with Crippen molar-refractivity contribution in [3.05, 3.63) is 50.4 Å². The van der Waals surface area contributed by atoms with Crippen LogP contribution in [0.4, 0.5) is 0 Å². The Labute approximate surface area is 121 Å². The summed E-state index contributed by atoms with van der Waals surface area (Å²) >= 11 is 5.23.